The molecule has 0 aliphatic rings. The molecular formula is C24H28O6. The van der Waals surface area contributed by atoms with Gasteiger partial charge in [0.2, 0.25) is 0 Å². The van der Waals surface area contributed by atoms with E-state index in [1.54, 1.807) is 32.4 Å². The van der Waals surface area contributed by atoms with Gasteiger partial charge in [-0.15, -0.1) is 6.58 Å². The van der Waals surface area contributed by atoms with Crippen molar-refractivity contribution in [2.75, 3.05) is 14.2 Å². The van der Waals surface area contributed by atoms with Crippen LogP contribution in [0.3, 0.4) is 0 Å². The lowest BCUT2D eigenvalue weighted by molar-refractivity contribution is -0.132. The Labute approximate surface area is 177 Å². The summed E-state index contributed by atoms with van der Waals surface area (Å²) in [4.78, 5) is 21.6. The predicted octanol–water partition coefficient (Wildman–Crippen LogP) is 5.00. The molecule has 30 heavy (non-hydrogen) atoms. The second-order valence-corrected chi connectivity index (χ2v) is 6.08. The van der Waals surface area contributed by atoms with Crippen LogP contribution in [-0.2, 0) is 16.0 Å². The van der Waals surface area contributed by atoms with Gasteiger partial charge in [0.25, 0.3) is 0 Å². The first-order valence-corrected chi connectivity index (χ1v) is 9.29. The minimum atomic E-state index is -0.357. The van der Waals surface area contributed by atoms with Crippen molar-refractivity contribution in [3.05, 3.63) is 66.3 Å². The number of benzene rings is 2. The summed E-state index contributed by atoms with van der Waals surface area (Å²) in [6, 6.07) is 10.8. The quantitative estimate of drug-likeness (QED) is 0.362. The summed E-state index contributed by atoms with van der Waals surface area (Å²) >= 11 is 0. The van der Waals surface area contributed by atoms with Gasteiger partial charge in [0.1, 0.15) is 0 Å². The van der Waals surface area contributed by atoms with E-state index in [1.165, 1.54) is 13.8 Å². The standard InChI is InChI=1S/2C12H14O3/c2*1-4-5-10-6-7-11(15-9(2)13)12(8-10)14-3/h4-8H,1-3H3;4,6-8H,1,5H2,2-3H3. The van der Waals surface area contributed by atoms with Crippen molar-refractivity contribution < 1.29 is 28.5 Å². The normalized spacial score (nSPS) is 9.90. The third kappa shape index (κ3) is 8.22. The van der Waals surface area contributed by atoms with Crippen molar-refractivity contribution in [2.24, 2.45) is 0 Å². The van der Waals surface area contributed by atoms with E-state index in [2.05, 4.69) is 6.58 Å². The Hall–Kier alpha value is -3.54. The Morgan fingerprint density at radius 2 is 1.40 bits per heavy atom. The lowest BCUT2D eigenvalue weighted by atomic mass is 10.1. The molecule has 2 rings (SSSR count). The Bertz CT molecular complexity index is 899. The molecule has 0 spiro atoms. The molecule has 0 atom stereocenters. The predicted molar refractivity (Wildman–Crippen MR) is 117 cm³/mol. The largest absolute Gasteiger partial charge is 0.493 e. The average Bonchev–Trinajstić information content (AvgIpc) is 2.70. The lowest BCUT2D eigenvalue weighted by Gasteiger charge is -2.08. The molecule has 2 aromatic rings. The highest BCUT2D eigenvalue weighted by atomic mass is 16.6. The highest BCUT2D eigenvalue weighted by Gasteiger charge is 2.07. The first-order chi connectivity index (χ1) is 14.3. The molecule has 6 nitrogen and oxygen atoms in total. The molecule has 0 unspecified atom stereocenters. The Morgan fingerprint density at radius 1 is 0.867 bits per heavy atom. The van der Waals surface area contributed by atoms with Crippen molar-refractivity contribution >= 4 is 18.0 Å². The van der Waals surface area contributed by atoms with E-state index in [0.29, 0.717) is 23.0 Å². The minimum Gasteiger partial charge on any atom is -0.493 e. The monoisotopic (exact) mass is 412 g/mol. The smallest absolute Gasteiger partial charge is 0.308 e. The molecule has 6 heteroatoms. The van der Waals surface area contributed by atoms with Crippen LogP contribution in [0.2, 0.25) is 0 Å². The summed E-state index contributed by atoms with van der Waals surface area (Å²) in [5, 5.41) is 0. The van der Waals surface area contributed by atoms with E-state index in [-0.39, 0.29) is 11.9 Å². The Morgan fingerprint density at radius 3 is 1.87 bits per heavy atom. The maximum Gasteiger partial charge on any atom is 0.308 e. The Kier molecular flexibility index (Phi) is 10.5. The number of ether oxygens (including phenoxy) is 4. The third-order valence-electron chi connectivity index (χ3n) is 3.66. The first kappa shape index (κ1) is 24.5. The SMILES string of the molecule is C=CCc1ccc(OC(C)=O)c(OC)c1.CC=Cc1ccc(OC(C)=O)c(OC)c1. The van der Waals surface area contributed by atoms with Crippen molar-refractivity contribution in [1.82, 2.24) is 0 Å². The fourth-order valence-electron chi connectivity index (χ4n) is 2.46. The fraction of sp³-hybridized carbons (Fsp3) is 0.250. The zero-order valence-electron chi connectivity index (χ0n) is 18.1. The summed E-state index contributed by atoms with van der Waals surface area (Å²) in [7, 11) is 3.09. The number of allylic oxidation sites excluding steroid dienone is 2. The second-order valence-electron chi connectivity index (χ2n) is 6.08. The molecule has 0 saturated carbocycles. The van der Waals surface area contributed by atoms with E-state index < -0.39 is 0 Å². The lowest BCUT2D eigenvalue weighted by Crippen LogP contribution is -2.03. The van der Waals surface area contributed by atoms with Gasteiger partial charge in [-0.2, -0.15) is 0 Å². The van der Waals surface area contributed by atoms with Crippen LogP contribution in [-0.4, -0.2) is 26.2 Å². The molecule has 0 aliphatic carbocycles. The van der Waals surface area contributed by atoms with Crippen LogP contribution in [0.1, 0.15) is 31.9 Å². The number of hydrogen-bond acceptors (Lipinski definition) is 6. The first-order valence-electron chi connectivity index (χ1n) is 9.29. The number of carbonyl (C=O) groups is 2. The van der Waals surface area contributed by atoms with Crippen LogP contribution in [0.15, 0.2) is 55.1 Å². The molecule has 0 N–H and O–H groups in total. The zero-order chi connectivity index (χ0) is 22.5. The van der Waals surface area contributed by atoms with Crippen LogP contribution in [0.25, 0.3) is 6.08 Å². The summed E-state index contributed by atoms with van der Waals surface area (Å²) in [5.41, 5.74) is 2.07. The van der Waals surface area contributed by atoms with Crippen LogP contribution >= 0.6 is 0 Å². The number of carbonyl (C=O) groups excluding carboxylic acids is 2. The number of methoxy groups -OCH3 is 2. The van der Waals surface area contributed by atoms with Crippen molar-refractivity contribution in [3.63, 3.8) is 0 Å². The molecule has 0 aliphatic heterocycles. The van der Waals surface area contributed by atoms with Crippen LogP contribution in [0.4, 0.5) is 0 Å². The van der Waals surface area contributed by atoms with Crippen LogP contribution < -0.4 is 18.9 Å². The molecule has 0 heterocycles. The Balaban J connectivity index is 0.000000300. The summed E-state index contributed by atoms with van der Waals surface area (Å²) < 4.78 is 20.2. The van der Waals surface area contributed by atoms with Gasteiger partial charge in [0.15, 0.2) is 23.0 Å². The van der Waals surface area contributed by atoms with Gasteiger partial charge >= 0.3 is 11.9 Å². The van der Waals surface area contributed by atoms with E-state index in [1.807, 2.05) is 43.3 Å². The van der Waals surface area contributed by atoms with E-state index in [0.717, 1.165) is 17.5 Å². The number of rotatable bonds is 7. The average molecular weight is 412 g/mol. The topological polar surface area (TPSA) is 71.1 Å². The molecule has 160 valence electrons. The minimum absolute atomic E-state index is 0.355. The number of hydrogen-bond donors (Lipinski definition) is 0. The van der Waals surface area contributed by atoms with Gasteiger partial charge < -0.3 is 18.9 Å². The van der Waals surface area contributed by atoms with E-state index >= 15 is 0 Å². The molecule has 2 aromatic carbocycles. The van der Waals surface area contributed by atoms with E-state index in [9.17, 15) is 9.59 Å². The number of esters is 2. The second kappa shape index (κ2) is 12.8. The van der Waals surface area contributed by atoms with Gasteiger partial charge in [0.05, 0.1) is 14.2 Å². The maximum atomic E-state index is 10.8. The maximum absolute atomic E-state index is 10.8. The third-order valence-corrected chi connectivity index (χ3v) is 3.66. The highest BCUT2D eigenvalue weighted by molar-refractivity contribution is 5.71. The van der Waals surface area contributed by atoms with Crippen molar-refractivity contribution in [2.45, 2.75) is 27.2 Å². The van der Waals surface area contributed by atoms with Crippen LogP contribution in [0.5, 0.6) is 23.0 Å². The van der Waals surface area contributed by atoms with Crippen molar-refractivity contribution in [1.29, 1.82) is 0 Å². The molecule has 0 aromatic heterocycles. The van der Waals surface area contributed by atoms with Gasteiger partial charge in [0, 0.05) is 13.8 Å². The van der Waals surface area contributed by atoms with Gasteiger partial charge in [-0.3, -0.25) is 9.59 Å². The summed E-state index contributed by atoms with van der Waals surface area (Å²) in [6.45, 7) is 8.31. The molecule has 0 fully saturated rings. The molecule has 0 radical (unpaired) electrons. The molecule has 0 amide bonds. The zero-order valence-corrected chi connectivity index (χ0v) is 18.1. The molecule has 0 saturated heterocycles. The van der Waals surface area contributed by atoms with Gasteiger partial charge in [-0.25, -0.2) is 0 Å². The summed E-state index contributed by atoms with van der Waals surface area (Å²) in [6.07, 6.45) is 6.44. The van der Waals surface area contributed by atoms with Gasteiger partial charge in [-0.05, 0) is 48.7 Å². The van der Waals surface area contributed by atoms with Crippen LogP contribution in [0, 0.1) is 0 Å². The van der Waals surface area contributed by atoms with Gasteiger partial charge in [-0.1, -0.05) is 30.4 Å². The fourth-order valence-corrected chi connectivity index (χ4v) is 2.46. The van der Waals surface area contributed by atoms with E-state index in [4.69, 9.17) is 18.9 Å². The summed E-state index contributed by atoms with van der Waals surface area (Å²) in [5.74, 6) is 1.29. The molecule has 0 bridgehead atoms. The van der Waals surface area contributed by atoms with Crippen molar-refractivity contribution in [3.8, 4) is 23.0 Å². The molecular weight excluding hydrogens is 384 g/mol. The highest BCUT2D eigenvalue weighted by Crippen LogP contribution is 2.29.